The summed E-state index contributed by atoms with van der Waals surface area (Å²) in [5.41, 5.74) is 8.07. The fourth-order valence-corrected chi connectivity index (χ4v) is 2.26. The molecule has 1 aromatic carbocycles. The minimum atomic E-state index is 0.172. The molecule has 0 aromatic heterocycles. The van der Waals surface area contributed by atoms with Crippen molar-refractivity contribution in [1.82, 2.24) is 0 Å². The number of rotatable bonds is 8. The van der Waals surface area contributed by atoms with Crippen LogP contribution in [-0.2, 0) is 16.6 Å². The van der Waals surface area contributed by atoms with Gasteiger partial charge in [0.1, 0.15) is 5.78 Å². The third kappa shape index (κ3) is 6.33. The fraction of sp³-hybridized carbons (Fsp3) is 0.611. The molecule has 0 spiro atoms. The van der Waals surface area contributed by atoms with Gasteiger partial charge in [-0.15, -0.1) is 0 Å². The Morgan fingerprint density at radius 1 is 1.00 bits per heavy atom. The summed E-state index contributed by atoms with van der Waals surface area (Å²) in [5.74, 6) is 0.348. The van der Waals surface area contributed by atoms with Crippen molar-refractivity contribution in [3.8, 4) is 0 Å². The van der Waals surface area contributed by atoms with Crippen LogP contribution in [0.25, 0.3) is 0 Å². The SMILES string of the molecule is CC(C)(C)c1ccc(CC(=O)CCCCCCN)cc1. The zero-order chi connectivity index (χ0) is 15.0. The molecule has 0 aliphatic rings. The van der Waals surface area contributed by atoms with Crippen molar-refractivity contribution in [2.75, 3.05) is 6.54 Å². The molecule has 0 atom stereocenters. The van der Waals surface area contributed by atoms with Crippen LogP contribution < -0.4 is 5.73 Å². The Balaban J connectivity index is 2.35. The van der Waals surface area contributed by atoms with Crippen LogP contribution in [0.5, 0.6) is 0 Å². The Morgan fingerprint density at radius 2 is 1.60 bits per heavy atom. The molecule has 112 valence electrons. The van der Waals surface area contributed by atoms with Gasteiger partial charge in [0.25, 0.3) is 0 Å². The summed E-state index contributed by atoms with van der Waals surface area (Å²) in [6.07, 6.45) is 5.60. The first-order valence-corrected chi connectivity index (χ1v) is 7.74. The number of carbonyl (C=O) groups excluding carboxylic acids is 1. The third-order valence-electron chi connectivity index (χ3n) is 3.63. The van der Waals surface area contributed by atoms with E-state index in [4.69, 9.17) is 5.73 Å². The van der Waals surface area contributed by atoms with Crippen LogP contribution in [0.15, 0.2) is 24.3 Å². The lowest BCUT2D eigenvalue weighted by molar-refractivity contribution is -0.118. The van der Waals surface area contributed by atoms with Gasteiger partial charge >= 0.3 is 0 Å². The van der Waals surface area contributed by atoms with E-state index in [0.29, 0.717) is 18.6 Å². The van der Waals surface area contributed by atoms with E-state index >= 15 is 0 Å². The smallest absolute Gasteiger partial charge is 0.137 e. The van der Waals surface area contributed by atoms with Crippen molar-refractivity contribution >= 4 is 5.78 Å². The first-order chi connectivity index (χ1) is 9.43. The maximum Gasteiger partial charge on any atom is 0.137 e. The summed E-state index contributed by atoms with van der Waals surface area (Å²) in [6.45, 7) is 7.37. The Hall–Kier alpha value is -1.15. The summed E-state index contributed by atoms with van der Waals surface area (Å²) in [6, 6.07) is 8.47. The van der Waals surface area contributed by atoms with Gasteiger partial charge in [0.05, 0.1) is 0 Å². The second-order valence-corrected chi connectivity index (χ2v) is 6.62. The predicted octanol–water partition coefficient (Wildman–Crippen LogP) is 4.00. The number of ketones is 1. The second-order valence-electron chi connectivity index (χ2n) is 6.62. The molecule has 0 unspecified atom stereocenters. The highest BCUT2D eigenvalue weighted by atomic mass is 16.1. The topological polar surface area (TPSA) is 43.1 Å². The van der Waals surface area contributed by atoms with Crippen LogP contribution in [0.2, 0.25) is 0 Å². The average Bonchev–Trinajstić information content (AvgIpc) is 2.38. The van der Waals surface area contributed by atoms with Crippen LogP contribution in [0.3, 0.4) is 0 Å². The van der Waals surface area contributed by atoms with Gasteiger partial charge in [-0.25, -0.2) is 0 Å². The molecule has 20 heavy (non-hydrogen) atoms. The number of unbranched alkanes of at least 4 members (excludes halogenated alkanes) is 3. The number of nitrogens with two attached hydrogens (primary N) is 1. The molecular formula is C18H29NO. The highest BCUT2D eigenvalue weighted by molar-refractivity contribution is 5.80. The van der Waals surface area contributed by atoms with Crippen LogP contribution >= 0.6 is 0 Å². The predicted molar refractivity (Wildman–Crippen MR) is 86.0 cm³/mol. The van der Waals surface area contributed by atoms with E-state index in [9.17, 15) is 4.79 Å². The van der Waals surface area contributed by atoms with E-state index in [2.05, 4.69) is 45.0 Å². The van der Waals surface area contributed by atoms with E-state index in [1.165, 1.54) is 5.56 Å². The normalized spacial score (nSPS) is 11.6. The van der Waals surface area contributed by atoms with Crippen LogP contribution in [-0.4, -0.2) is 12.3 Å². The Labute approximate surface area is 123 Å². The summed E-state index contributed by atoms with van der Waals surface area (Å²) < 4.78 is 0. The average molecular weight is 275 g/mol. The van der Waals surface area contributed by atoms with Crippen LogP contribution in [0, 0.1) is 0 Å². The standard InChI is InChI=1S/C18H29NO/c1-18(2,3)16-11-9-15(10-12-16)14-17(20)8-6-4-5-7-13-19/h9-12H,4-8,13-14,19H2,1-3H3. The van der Waals surface area contributed by atoms with Gasteiger partial charge in [0.2, 0.25) is 0 Å². The Bertz CT molecular complexity index is 400. The largest absolute Gasteiger partial charge is 0.330 e. The first-order valence-electron chi connectivity index (χ1n) is 7.74. The van der Waals surface area contributed by atoms with Crippen LogP contribution in [0.1, 0.15) is 64.0 Å². The molecule has 0 saturated carbocycles. The summed E-state index contributed by atoms with van der Waals surface area (Å²) >= 11 is 0. The van der Waals surface area contributed by atoms with Gasteiger partial charge in [-0.05, 0) is 35.9 Å². The molecule has 0 aliphatic carbocycles. The first kappa shape index (κ1) is 16.9. The minimum absolute atomic E-state index is 0.172. The van der Waals surface area contributed by atoms with Gasteiger partial charge < -0.3 is 5.73 Å². The molecule has 0 amide bonds. The lowest BCUT2D eigenvalue weighted by Crippen LogP contribution is -2.11. The van der Waals surface area contributed by atoms with E-state index in [0.717, 1.165) is 37.8 Å². The molecule has 0 heterocycles. The van der Waals surface area contributed by atoms with Crippen molar-refractivity contribution in [2.45, 2.75) is 64.7 Å². The van der Waals surface area contributed by atoms with Gasteiger partial charge in [-0.2, -0.15) is 0 Å². The van der Waals surface area contributed by atoms with Crippen molar-refractivity contribution in [1.29, 1.82) is 0 Å². The number of hydrogen-bond acceptors (Lipinski definition) is 2. The van der Waals surface area contributed by atoms with E-state index in [1.54, 1.807) is 0 Å². The molecule has 0 bridgehead atoms. The van der Waals surface area contributed by atoms with E-state index in [1.807, 2.05) is 0 Å². The van der Waals surface area contributed by atoms with Crippen molar-refractivity contribution in [3.63, 3.8) is 0 Å². The molecule has 0 radical (unpaired) electrons. The third-order valence-corrected chi connectivity index (χ3v) is 3.63. The summed E-state index contributed by atoms with van der Waals surface area (Å²) in [7, 11) is 0. The highest BCUT2D eigenvalue weighted by Crippen LogP contribution is 2.22. The fourth-order valence-electron chi connectivity index (χ4n) is 2.26. The lowest BCUT2D eigenvalue weighted by Gasteiger charge is -2.19. The molecule has 2 nitrogen and oxygen atoms in total. The molecule has 1 rings (SSSR count). The molecule has 0 fully saturated rings. The second kappa shape index (κ2) is 8.21. The maximum absolute atomic E-state index is 11.9. The number of benzene rings is 1. The van der Waals surface area contributed by atoms with Gasteiger partial charge in [-0.3, -0.25) is 4.79 Å². The number of hydrogen-bond donors (Lipinski definition) is 1. The lowest BCUT2D eigenvalue weighted by atomic mass is 9.86. The molecule has 1 aromatic rings. The highest BCUT2D eigenvalue weighted by Gasteiger charge is 2.13. The van der Waals surface area contributed by atoms with E-state index < -0.39 is 0 Å². The summed E-state index contributed by atoms with van der Waals surface area (Å²) in [4.78, 5) is 11.9. The van der Waals surface area contributed by atoms with Gasteiger partial charge in [0, 0.05) is 12.8 Å². The van der Waals surface area contributed by atoms with Gasteiger partial charge in [-0.1, -0.05) is 57.9 Å². The maximum atomic E-state index is 11.9. The molecule has 2 N–H and O–H groups in total. The molecule has 0 saturated heterocycles. The zero-order valence-electron chi connectivity index (χ0n) is 13.2. The quantitative estimate of drug-likeness (QED) is 0.729. The van der Waals surface area contributed by atoms with Crippen molar-refractivity contribution in [3.05, 3.63) is 35.4 Å². The monoisotopic (exact) mass is 275 g/mol. The molecule has 2 heteroatoms. The van der Waals surface area contributed by atoms with E-state index in [-0.39, 0.29) is 5.41 Å². The summed E-state index contributed by atoms with van der Waals surface area (Å²) in [5, 5.41) is 0. The van der Waals surface area contributed by atoms with Crippen LogP contribution in [0.4, 0.5) is 0 Å². The molecular weight excluding hydrogens is 246 g/mol. The Kier molecular flexibility index (Phi) is 6.94. The van der Waals surface area contributed by atoms with Crippen molar-refractivity contribution in [2.24, 2.45) is 5.73 Å². The zero-order valence-corrected chi connectivity index (χ0v) is 13.2. The van der Waals surface area contributed by atoms with Crippen molar-refractivity contribution < 1.29 is 4.79 Å². The number of Topliss-reactive ketones (excluding diaryl/α,β-unsaturated/α-hetero) is 1. The minimum Gasteiger partial charge on any atom is -0.330 e. The van der Waals surface area contributed by atoms with Gasteiger partial charge in [0.15, 0.2) is 0 Å². The number of carbonyl (C=O) groups is 1. The Morgan fingerprint density at radius 3 is 2.15 bits per heavy atom. The molecule has 0 aliphatic heterocycles.